The van der Waals surface area contributed by atoms with E-state index in [-0.39, 0.29) is 41.0 Å². The molecule has 12 heteroatoms. The van der Waals surface area contributed by atoms with Gasteiger partial charge in [0.25, 0.3) is 5.91 Å². The zero-order valence-electron chi connectivity index (χ0n) is 19.7. The van der Waals surface area contributed by atoms with E-state index in [9.17, 15) is 22.8 Å². The van der Waals surface area contributed by atoms with Gasteiger partial charge in [-0.15, -0.1) is 0 Å². The SMILES string of the molecule is CC(C)(CNC(=O)Nc1ccc(S(C)(=O)=O)cc1Cl)CC(=O)N(CC(=O)NO)CC1CCCC1. The predicted molar refractivity (Wildman–Crippen MR) is 128 cm³/mol. The van der Waals surface area contributed by atoms with Crippen LogP contribution in [-0.2, 0) is 19.4 Å². The van der Waals surface area contributed by atoms with Crippen LogP contribution >= 0.6 is 11.6 Å². The van der Waals surface area contributed by atoms with Crippen LogP contribution in [0.5, 0.6) is 0 Å². The molecule has 4 N–H and O–H groups in total. The van der Waals surface area contributed by atoms with E-state index in [0.29, 0.717) is 12.5 Å². The lowest BCUT2D eigenvalue weighted by molar-refractivity contribution is -0.141. The molecule has 0 saturated heterocycles. The van der Waals surface area contributed by atoms with Crippen LogP contribution in [0, 0.1) is 11.3 Å². The van der Waals surface area contributed by atoms with Crippen LogP contribution in [0.1, 0.15) is 46.0 Å². The van der Waals surface area contributed by atoms with E-state index in [4.69, 9.17) is 16.8 Å². The highest BCUT2D eigenvalue weighted by Gasteiger charge is 2.29. The minimum atomic E-state index is -3.42. The van der Waals surface area contributed by atoms with Crippen LogP contribution in [0.2, 0.25) is 5.02 Å². The maximum atomic E-state index is 13.0. The number of halogens is 1. The first-order valence-corrected chi connectivity index (χ1v) is 13.3. The van der Waals surface area contributed by atoms with Gasteiger partial charge in [-0.2, -0.15) is 0 Å². The van der Waals surface area contributed by atoms with Gasteiger partial charge in [0.1, 0.15) is 6.54 Å². The molecule has 1 fully saturated rings. The van der Waals surface area contributed by atoms with Crippen LogP contribution in [0.25, 0.3) is 0 Å². The zero-order valence-corrected chi connectivity index (χ0v) is 21.3. The molecule has 2 rings (SSSR count). The fraction of sp³-hybridized carbons (Fsp3) is 0.591. The van der Waals surface area contributed by atoms with Gasteiger partial charge < -0.3 is 15.5 Å². The molecule has 0 atom stereocenters. The molecule has 0 heterocycles. The Morgan fingerprint density at radius 1 is 1.21 bits per heavy atom. The van der Waals surface area contributed by atoms with Crippen LogP contribution in [0.15, 0.2) is 23.1 Å². The summed E-state index contributed by atoms with van der Waals surface area (Å²) in [5.41, 5.74) is 1.20. The first-order valence-electron chi connectivity index (χ1n) is 11.1. The second kappa shape index (κ2) is 11.9. The Morgan fingerprint density at radius 2 is 1.85 bits per heavy atom. The van der Waals surface area contributed by atoms with Crippen molar-refractivity contribution in [1.29, 1.82) is 0 Å². The second-order valence-electron chi connectivity index (χ2n) is 9.52. The molecule has 1 aliphatic carbocycles. The van der Waals surface area contributed by atoms with Gasteiger partial charge in [-0.3, -0.25) is 14.8 Å². The summed E-state index contributed by atoms with van der Waals surface area (Å²) in [7, 11) is -3.42. The van der Waals surface area contributed by atoms with Crippen LogP contribution in [0.4, 0.5) is 10.5 Å². The van der Waals surface area contributed by atoms with Gasteiger partial charge >= 0.3 is 6.03 Å². The van der Waals surface area contributed by atoms with E-state index in [1.165, 1.54) is 23.1 Å². The number of hydrogen-bond donors (Lipinski definition) is 4. The molecular weight excluding hydrogens is 484 g/mol. The van der Waals surface area contributed by atoms with Crippen LogP contribution in [0.3, 0.4) is 0 Å². The molecule has 1 aromatic carbocycles. The number of sulfone groups is 1. The molecule has 10 nitrogen and oxygen atoms in total. The first kappa shape index (κ1) is 27.9. The molecule has 1 aromatic rings. The monoisotopic (exact) mass is 516 g/mol. The highest BCUT2D eigenvalue weighted by atomic mass is 35.5. The fourth-order valence-electron chi connectivity index (χ4n) is 3.87. The van der Waals surface area contributed by atoms with Crippen LogP contribution in [-0.4, -0.2) is 62.3 Å². The number of carbonyl (C=O) groups is 3. The number of urea groups is 1. The lowest BCUT2D eigenvalue weighted by Crippen LogP contribution is -2.45. The van der Waals surface area contributed by atoms with Gasteiger partial charge in [0.15, 0.2) is 9.84 Å². The summed E-state index contributed by atoms with van der Waals surface area (Å²) >= 11 is 6.09. The Balaban J connectivity index is 1.94. The number of nitrogens with zero attached hydrogens (tertiary/aromatic N) is 1. The molecule has 0 bridgehead atoms. The molecule has 0 unspecified atom stereocenters. The van der Waals surface area contributed by atoms with Crippen molar-refractivity contribution in [2.45, 2.75) is 50.8 Å². The van der Waals surface area contributed by atoms with Gasteiger partial charge in [-0.05, 0) is 42.4 Å². The van der Waals surface area contributed by atoms with Gasteiger partial charge in [-0.25, -0.2) is 18.7 Å². The number of nitrogens with one attached hydrogen (secondary N) is 3. The fourth-order valence-corrected chi connectivity index (χ4v) is 4.81. The molecule has 0 aliphatic heterocycles. The molecule has 4 amide bonds. The van der Waals surface area contributed by atoms with E-state index < -0.39 is 27.2 Å². The van der Waals surface area contributed by atoms with E-state index in [0.717, 1.165) is 31.9 Å². The number of benzene rings is 1. The van der Waals surface area contributed by atoms with E-state index in [2.05, 4.69) is 10.6 Å². The Bertz CT molecular complexity index is 1010. The van der Waals surface area contributed by atoms with Crippen molar-refractivity contribution in [3.63, 3.8) is 0 Å². The number of hydrogen-bond acceptors (Lipinski definition) is 6. The largest absolute Gasteiger partial charge is 0.337 e. The second-order valence-corrected chi connectivity index (χ2v) is 11.9. The molecule has 1 saturated carbocycles. The third kappa shape index (κ3) is 8.77. The minimum absolute atomic E-state index is 0.0418. The summed E-state index contributed by atoms with van der Waals surface area (Å²) in [5.74, 6) is -0.552. The standard InChI is InChI=1S/C22H33ClN4O6S/c1-22(2,11-20(29)27(13-19(28)26-31)12-15-6-4-5-7-15)14-24-21(30)25-18-9-8-16(10-17(18)23)34(3,32)33/h8-10,15,31H,4-7,11-14H2,1-3H3,(H,26,28)(H2,24,25,30). The van der Waals surface area contributed by atoms with Gasteiger partial charge in [0.05, 0.1) is 15.6 Å². The number of carbonyl (C=O) groups excluding carboxylic acids is 3. The third-order valence-corrected chi connectivity index (χ3v) is 7.16. The normalized spacial score (nSPS) is 14.5. The maximum absolute atomic E-state index is 13.0. The Hall–Kier alpha value is -2.37. The van der Waals surface area contributed by atoms with Crippen LogP contribution < -0.4 is 16.1 Å². The Kier molecular flexibility index (Phi) is 9.72. The molecule has 1 aliphatic rings. The summed E-state index contributed by atoms with van der Waals surface area (Å²) in [6.45, 7) is 4.03. The highest BCUT2D eigenvalue weighted by Crippen LogP contribution is 2.28. The van der Waals surface area contributed by atoms with Crippen molar-refractivity contribution < 1.29 is 28.0 Å². The van der Waals surface area contributed by atoms with Crippen molar-refractivity contribution in [3.05, 3.63) is 23.2 Å². The first-order chi connectivity index (χ1) is 15.8. The third-order valence-electron chi connectivity index (χ3n) is 5.74. The summed E-state index contributed by atoms with van der Waals surface area (Å²) in [6, 6.07) is 3.45. The summed E-state index contributed by atoms with van der Waals surface area (Å²) in [6.07, 6.45) is 5.36. The van der Waals surface area contributed by atoms with Crippen molar-refractivity contribution in [2.24, 2.45) is 11.3 Å². The number of anilines is 1. The maximum Gasteiger partial charge on any atom is 0.319 e. The van der Waals surface area contributed by atoms with Gasteiger partial charge in [-0.1, -0.05) is 38.3 Å². The van der Waals surface area contributed by atoms with Crippen molar-refractivity contribution in [1.82, 2.24) is 15.7 Å². The highest BCUT2D eigenvalue weighted by molar-refractivity contribution is 7.90. The molecule has 0 aromatic heterocycles. The van der Waals surface area contributed by atoms with Crippen molar-refractivity contribution >= 4 is 45.0 Å². The van der Waals surface area contributed by atoms with E-state index in [1.807, 2.05) is 13.8 Å². The molecular formula is C22H33ClN4O6S. The Morgan fingerprint density at radius 3 is 2.41 bits per heavy atom. The van der Waals surface area contributed by atoms with Crippen molar-refractivity contribution in [2.75, 3.05) is 31.2 Å². The number of rotatable bonds is 10. The quantitative estimate of drug-likeness (QED) is 0.278. The summed E-state index contributed by atoms with van der Waals surface area (Å²) < 4.78 is 23.2. The topological polar surface area (TPSA) is 145 Å². The predicted octanol–water partition coefficient (Wildman–Crippen LogP) is 2.81. The lowest BCUT2D eigenvalue weighted by Gasteiger charge is -2.30. The molecule has 0 spiro atoms. The minimum Gasteiger partial charge on any atom is -0.337 e. The summed E-state index contributed by atoms with van der Waals surface area (Å²) in [4.78, 5) is 38.5. The smallest absolute Gasteiger partial charge is 0.319 e. The van der Waals surface area contributed by atoms with Gasteiger partial charge in [0.2, 0.25) is 5.91 Å². The molecule has 34 heavy (non-hydrogen) atoms. The average Bonchev–Trinajstić information content (AvgIpc) is 3.25. The lowest BCUT2D eigenvalue weighted by atomic mass is 9.88. The summed E-state index contributed by atoms with van der Waals surface area (Å²) in [5, 5.41) is 14.2. The van der Waals surface area contributed by atoms with E-state index >= 15 is 0 Å². The van der Waals surface area contributed by atoms with Crippen molar-refractivity contribution in [3.8, 4) is 0 Å². The molecule has 190 valence electrons. The Labute approximate surface area is 205 Å². The average molecular weight is 517 g/mol. The zero-order chi connectivity index (χ0) is 25.5. The molecule has 0 radical (unpaired) electrons. The number of hydroxylamine groups is 1. The van der Waals surface area contributed by atoms with Gasteiger partial charge in [0, 0.05) is 25.8 Å². The number of amides is 4. The van der Waals surface area contributed by atoms with E-state index in [1.54, 1.807) is 5.48 Å².